The first kappa shape index (κ1) is 23.8. The highest BCUT2D eigenvalue weighted by molar-refractivity contribution is 7.92. The van der Waals surface area contributed by atoms with Crippen molar-refractivity contribution in [1.29, 1.82) is 0 Å². The van der Waals surface area contributed by atoms with Gasteiger partial charge in [0.15, 0.2) is 5.75 Å². The minimum Gasteiger partial charge on any atom is -0.485 e. The number of carboxylic acids is 1. The van der Waals surface area contributed by atoms with E-state index in [0.717, 1.165) is 5.56 Å². The average Bonchev–Trinajstić information content (AvgIpc) is 2.59. The molecule has 2 rings (SSSR count). The number of halogens is 2. The van der Waals surface area contributed by atoms with E-state index in [4.69, 9.17) is 33.0 Å². The van der Waals surface area contributed by atoms with E-state index in [1.807, 2.05) is 0 Å². The second kappa shape index (κ2) is 10.0. The zero-order valence-corrected chi connectivity index (χ0v) is 18.5. The van der Waals surface area contributed by atoms with E-state index in [-0.39, 0.29) is 33.8 Å². The fourth-order valence-electron chi connectivity index (χ4n) is 2.54. The molecular weight excluding hydrogens is 455 g/mol. The molecule has 1 amide bonds. The highest BCUT2D eigenvalue weighted by Gasteiger charge is 2.16. The lowest BCUT2D eigenvalue weighted by atomic mass is 10.1. The maximum Gasteiger partial charge on any atom is 0.312 e. The summed E-state index contributed by atoms with van der Waals surface area (Å²) in [6.45, 7) is 3.34. The van der Waals surface area contributed by atoms with Crippen molar-refractivity contribution in [3.8, 4) is 5.75 Å². The van der Waals surface area contributed by atoms with Gasteiger partial charge in [-0.15, -0.1) is 0 Å². The molecule has 0 fully saturated rings. The second-order valence-corrected chi connectivity index (χ2v) is 9.24. The second-order valence-electron chi connectivity index (χ2n) is 6.38. The summed E-state index contributed by atoms with van der Waals surface area (Å²) in [6, 6.07) is 7.91. The predicted octanol–water partition coefficient (Wildman–Crippen LogP) is 4.06. The zero-order valence-electron chi connectivity index (χ0n) is 16.2. The van der Waals surface area contributed by atoms with Crippen molar-refractivity contribution in [3.63, 3.8) is 0 Å². The molecule has 2 aromatic carbocycles. The molecule has 11 heteroatoms. The van der Waals surface area contributed by atoms with Gasteiger partial charge in [-0.05, 0) is 49.2 Å². The van der Waals surface area contributed by atoms with Crippen LogP contribution >= 0.6 is 23.2 Å². The van der Waals surface area contributed by atoms with Crippen molar-refractivity contribution in [3.05, 3.63) is 51.5 Å². The molecule has 0 aliphatic carbocycles. The number of ether oxygens (including phenoxy) is 1. The number of rotatable bonds is 9. The Morgan fingerprint density at radius 3 is 2.47 bits per heavy atom. The minimum atomic E-state index is -3.44. The maximum atomic E-state index is 11.8. The Morgan fingerprint density at radius 1 is 1.13 bits per heavy atom. The molecule has 0 atom stereocenters. The molecule has 0 unspecified atom stereocenters. The monoisotopic (exact) mass is 474 g/mol. The third-order valence-electron chi connectivity index (χ3n) is 3.77. The Labute approximate surface area is 184 Å². The number of hydrogen-bond acceptors (Lipinski definition) is 5. The Bertz CT molecular complexity index is 1070. The molecule has 0 aliphatic rings. The first-order valence-electron chi connectivity index (χ1n) is 8.73. The number of anilines is 2. The van der Waals surface area contributed by atoms with Crippen LogP contribution in [0.5, 0.6) is 5.75 Å². The van der Waals surface area contributed by atoms with Crippen molar-refractivity contribution >= 4 is 56.5 Å². The summed E-state index contributed by atoms with van der Waals surface area (Å²) in [5.41, 5.74) is 1.98. The fraction of sp³-hybridized carbons (Fsp3) is 0.263. The van der Waals surface area contributed by atoms with E-state index in [0.29, 0.717) is 11.3 Å². The van der Waals surface area contributed by atoms with Gasteiger partial charge in [0.05, 0.1) is 16.5 Å². The van der Waals surface area contributed by atoms with E-state index >= 15 is 0 Å². The number of nitrogens with one attached hydrogen (secondary N) is 2. The van der Waals surface area contributed by atoms with Crippen LogP contribution in [0.15, 0.2) is 30.3 Å². The summed E-state index contributed by atoms with van der Waals surface area (Å²) in [4.78, 5) is 22.5. The van der Waals surface area contributed by atoms with Gasteiger partial charge in [0.2, 0.25) is 15.9 Å². The van der Waals surface area contributed by atoms with E-state index < -0.39 is 28.3 Å². The summed E-state index contributed by atoms with van der Waals surface area (Å²) in [5.74, 6) is -2.01. The molecule has 0 aliphatic heterocycles. The molecule has 0 heterocycles. The van der Waals surface area contributed by atoms with Gasteiger partial charge >= 0.3 is 5.97 Å². The molecule has 8 nitrogen and oxygen atoms in total. The molecule has 0 bridgehead atoms. The number of benzene rings is 2. The fourth-order valence-corrected chi connectivity index (χ4v) is 3.71. The third-order valence-corrected chi connectivity index (χ3v) is 5.57. The number of carbonyl (C=O) groups excluding carboxylic acids is 1. The van der Waals surface area contributed by atoms with Gasteiger partial charge in [0, 0.05) is 10.7 Å². The van der Waals surface area contributed by atoms with E-state index in [2.05, 4.69) is 10.0 Å². The lowest BCUT2D eigenvalue weighted by Gasteiger charge is -2.15. The first-order chi connectivity index (χ1) is 14.0. The van der Waals surface area contributed by atoms with Gasteiger partial charge in [0.25, 0.3) is 0 Å². The van der Waals surface area contributed by atoms with Crippen molar-refractivity contribution in [2.75, 3.05) is 15.8 Å². The number of aliphatic carboxylic acids is 1. The van der Waals surface area contributed by atoms with Crippen LogP contribution in [0.25, 0.3) is 0 Å². The third kappa shape index (κ3) is 7.08. The van der Waals surface area contributed by atoms with E-state index in [9.17, 15) is 18.0 Å². The summed E-state index contributed by atoms with van der Waals surface area (Å²) in [7, 11) is -3.44. The van der Waals surface area contributed by atoms with Gasteiger partial charge in [0.1, 0.15) is 13.0 Å². The smallest absolute Gasteiger partial charge is 0.312 e. The van der Waals surface area contributed by atoms with Gasteiger partial charge in [-0.25, -0.2) is 8.42 Å². The average molecular weight is 475 g/mol. The molecule has 0 saturated carbocycles. The number of carboxylic acid groups (broad SMARTS) is 1. The predicted molar refractivity (Wildman–Crippen MR) is 116 cm³/mol. The molecule has 0 radical (unpaired) electrons. The number of carbonyl (C=O) groups is 2. The highest BCUT2D eigenvalue weighted by Crippen LogP contribution is 2.37. The minimum absolute atomic E-state index is 0.00564. The van der Waals surface area contributed by atoms with Crippen LogP contribution in [0.1, 0.15) is 24.5 Å². The van der Waals surface area contributed by atoms with Gasteiger partial charge < -0.3 is 15.2 Å². The van der Waals surface area contributed by atoms with E-state index in [1.165, 1.54) is 19.1 Å². The van der Waals surface area contributed by atoms with Crippen molar-refractivity contribution in [1.82, 2.24) is 0 Å². The van der Waals surface area contributed by atoms with Crippen LogP contribution in [0.2, 0.25) is 10.0 Å². The normalized spacial score (nSPS) is 11.1. The van der Waals surface area contributed by atoms with Crippen molar-refractivity contribution in [2.24, 2.45) is 0 Å². The SMILES string of the molecule is CCS(=O)(=O)Nc1cc(C)cc(COc2c(Cl)cc(Cl)cc2NC(=O)CC(=O)O)c1. The van der Waals surface area contributed by atoms with Crippen LogP contribution in [0, 0.1) is 6.92 Å². The summed E-state index contributed by atoms with van der Waals surface area (Å²) in [5, 5.41) is 11.5. The topological polar surface area (TPSA) is 122 Å². The molecule has 30 heavy (non-hydrogen) atoms. The molecule has 162 valence electrons. The molecule has 0 spiro atoms. The number of sulfonamides is 1. The zero-order chi connectivity index (χ0) is 22.5. The van der Waals surface area contributed by atoms with Gasteiger partial charge in [-0.2, -0.15) is 0 Å². The highest BCUT2D eigenvalue weighted by atomic mass is 35.5. The molecular formula is C19H20Cl2N2O6S. The summed E-state index contributed by atoms with van der Waals surface area (Å²) >= 11 is 12.2. The maximum absolute atomic E-state index is 11.8. The Hall–Kier alpha value is -2.49. The summed E-state index contributed by atoms with van der Waals surface area (Å²) in [6.07, 6.45) is -0.734. The Morgan fingerprint density at radius 2 is 1.83 bits per heavy atom. The van der Waals surface area contributed by atoms with Crippen LogP contribution < -0.4 is 14.8 Å². The lowest BCUT2D eigenvalue weighted by Crippen LogP contribution is -2.16. The lowest BCUT2D eigenvalue weighted by molar-refractivity contribution is -0.139. The van der Waals surface area contributed by atoms with Crippen molar-refractivity contribution in [2.45, 2.75) is 26.9 Å². The largest absolute Gasteiger partial charge is 0.485 e. The molecule has 0 aromatic heterocycles. The summed E-state index contributed by atoms with van der Waals surface area (Å²) < 4.78 is 31.9. The Kier molecular flexibility index (Phi) is 7.94. The van der Waals surface area contributed by atoms with Gasteiger partial charge in [-0.1, -0.05) is 29.3 Å². The molecule has 0 saturated heterocycles. The molecule has 2 aromatic rings. The van der Waals surface area contributed by atoms with Crippen LogP contribution in [0.3, 0.4) is 0 Å². The van der Waals surface area contributed by atoms with Crippen LogP contribution in [-0.4, -0.2) is 31.2 Å². The quantitative estimate of drug-likeness (QED) is 0.471. The van der Waals surface area contributed by atoms with E-state index in [1.54, 1.807) is 25.1 Å². The number of aryl methyl sites for hydroxylation is 1. The first-order valence-corrected chi connectivity index (χ1v) is 11.1. The van der Waals surface area contributed by atoms with Crippen LogP contribution in [-0.2, 0) is 26.2 Å². The number of hydrogen-bond donors (Lipinski definition) is 3. The van der Waals surface area contributed by atoms with Crippen molar-refractivity contribution < 1.29 is 27.9 Å². The van der Waals surface area contributed by atoms with Gasteiger partial charge in [-0.3, -0.25) is 14.3 Å². The Balaban J connectivity index is 2.26. The van der Waals surface area contributed by atoms with Crippen LogP contribution in [0.4, 0.5) is 11.4 Å². The molecule has 3 N–H and O–H groups in total. The standard InChI is InChI=1S/C19H20Cl2N2O6S/c1-3-30(27,28)23-14-5-11(2)4-12(6-14)10-29-19-15(21)7-13(20)8-16(19)22-17(24)9-18(25)26/h4-8,23H,3,9-10H2,1-2H3,(H,22,24)(H,25,26). The number of amides is 1.